The van der Waals surface area contributed by atoms with Crippen molar-refractivity contribution in [1.29, 1.82) is 0 Å². The van der Waals surface area contributed by atoms with Gasteiger partial charge in [-0.3, -0.25) is 14.9 Å². The maximum Gasteiger partial charge on any atom is 0.312 e. The molecule has 0 spiro atoms. The van der Waals surface area contributed by atoms with E-state index in [1.807, 2.05) is 0 Å². The van der Waals surface area contributed by atoms with E-state index in [1.165, 1.54) is 14.1 Å². The van der Waals surface area contributed by atoms with Gasteiger partial charge in [0.25, 0.3) is 12.3 Å². The number of hydrogen-bond acceptors (Lipinski definition) is 6. The van der Waals surface area contributed by atoms with Crippen molar-refractivity contribution in [1.82, 2.24) is 10.3 Å². The van der Waals surface area contributed by atoms with E-state index in [1.54, 1.807) is 0 Å². The number of carbonyl (C=O) groups is 1. The molecule has 1 aromatic heterocycles. The van der Waals surface area contributed by atoms with Crippen molar-refractivity contribution in [2.24, 2.45) is 5.92 Å². The minimum absolute atomic E-state index is 0.0214. The van der Waals surface area contributed by atoms with Crippen LogP contribution in [0.5, 0.6) is 0 Å². The molecule has 0 saturated heterocycles. The van der Waals surface area contributed by atoms with Crippen molar-refractivity contribution in [2.75, 3.05) is 30.9 Å². The molecule has 0 bridgehead atoms. The smallest absolute Gasteiger partial charge is 0.312 e. The summed E-state index contributed by atoms with van der Waals surface area (Å²) >= 11 is 0. The van der Waals surface area contributed by atoms with Crippen molar-refractivity contribution in [3.8, 4) is 0 Å². The zero-order valence-electron chi connectivity index (χ0n) is 15.7. The predicted octanol–water partition coefficient (Wildman–Crippen LogP) is 3.04. The molecule has 1 saturated carbocycles. The monoisotopic (exact) mass is 385 g/mol. The second kappa shape index (κ2) is 8.92. The van der Waals surface area contributed by atoms with E-state index in [4.69, 9.17) is 0 Å². The van der Waals surface area contributed by atoms with Gasteiger partial charge in [-0.2, -0.15) is 0 Å². The van der Waals surface area contributed by atoms with Gasteiger partial charge < -0.3 is 15.5 Å². The van der Waals surface area contributed by atoms with Gasteiger partial charge in [-0.05, 0) is 31.6 Å². The molecule has 0 aliphatic heterocycles. The van der Waals surface area contributed by atoms with Gasteiger partial charge in [-0.1, -0.05) is 6.92 Å². The molecule has 1 fully saturated rings. The fourth-order valence-corrected chi connectivity index (χ4v) is 3.24. The molecular formula is C17H25F2N5O3. The average molecular weight is 385 g/mol. The first-order chi connectivity index (χ1) is 12.7. The largest absolute Gasteiger partial charge is 0.367 e. The Labute approximate surface area is 156 Å². The highest BCUT2D eigenvalue weighted by Gasteiger charge is 2.28. The predicted molar refractivity (Wildman–Crippen MR) is 98.6 cm³/mol. The normalized spacial score (nSPS) is 19.6. The Hall–Kier alpha value is -2.52. The van der Waals surface area contributed by atoms with Crippen LogP contribution in [0, 0.1) is 16.0 Å². The van der Waals surface area contributed by atoms with E-state index >= 15 is 0 Å². The number of aromatic nitrogens is 1. The van der Waals surface area contributed by atoms with Gasteiger partial charge in [0.05, 0.1) is 17.0 Å². The molecule has 150 valence electrons. The fourth-order valence-electron chi connectivity index (χ4n) is 3.24. The molecule has 1 heterocycles. The van der Waals surface area contributed by atoms with Crippen LogP contribution in [-0.2, 0) is 0 Å². The summed E-state index contributed by atoms with van der Waals surface area (Å²) in [5, 5.41) is 16.8. The molecule has 0 radical (unpaired) electrons. The molecule has 0 unspecified atom stereocenters. The second-order valence-electron chi connectivity index (χ2n) is 6.94. The summed E-state index contributed by atoms with van der Waals surface area (Å²) < 4.78 is 25.6. The summed E-state index contributed by atoms with van der Waals surface area (Å²) in [6.07, 6.45) is 0.972. The second-order valence-corrected chi connectivity index (χ2v) is 6.94. The van der Waals surface area contributed by atoms with Crippen LogP contribution in [0.1, 0.15) is 43.0 Å². The summed E-state index contributed by atoms with van der Waals surface area (Å²) in [5.41, 5.74) is -0.461. The first-order valence-corrected chi connectivity index (χ1v) is 8.90. The van der Waals surface area contributed by atoms with E-state index in [0.29, 0.717) is 5.92 Å². The molecule has 2 rings (SSSR count). The number of pyridine rings is 1. The Morgan fingerprint density at radius 1 is 1.41 bits per heavy atom. The SMILES string of the molecule is CNc1nc(N(C)CC(F)F)c(C(=O)NC2CCC(C)CC2)cc1[N+](=O)[O-]. The van der Waals surface area contributed by atoms with Crippen molar-refractivity contribution in [3.05, 3.63) is 21.7 Å². The number of nitrogens with one attached hydrogen (secondary N) is 2. The number of hydrogen-bond donors (Lipinski definition) is 2. The Bertz CT molecular complexity index is 693. The standard InChI is InChI=1S/C17H25F2N5O3/c1-10-4-6-11(7-5-10)21-17(25)12-8-13(24(26)27)15(20-2)22-16(12)23(3)9-14(18)19/h8,10-11,14H,4-7,9H2,1-3H3,(H,20,22)(H,21,25). The van der Waals surface area contributed by atoms with Crippen LogP contribution in [0.2, 0.25) is 0 Å². The van der Waals surface area contributed by atoms with Crippen molar-refractivity contribution in [2.45, 2.75) is 45.1 Å². The van der Waals surface area contributed by atoms with Crippen LogP contribution >= 0.6 is 0 Å². The van der Waals surface area contributed by atoms with Crippen LogP contribution in [0.25, 0.3) is 0 Å². The van der Waals surface area contributed by atoms with E-state index in [-0.39, 0.29) is 28.9 Å². The number of halogens is 2. The van der Waals surface area contributed by atoms with Crippen molar-refractivity contribution >= 4 is 23.2 Å². The maximum atomic E-state index is 12.8. The summed E-state index contributed by atoms with van der Waals surface area (Å²) in [6, 6.07) is 1.06. The molecule has 0 atom stereocenters. The number of nitrogens with zero attached hydrogens (tertiary/aromatic N) is 3. The first-order valence-electron chi connectivity index (χ1n) is 8.90. The molecule has 8 nitrogen and oxygen atoms in total. The number of amides is 1. The van der Waals surface area contributed by atoms with Crippen molar-refractivity contribution < 1.29 is 18.5 Å². The topological polar surface area (TPSA) is 100 Å². The van der Waals surface area contributed by atoms with E-state index < -0.39 is 23.8 Å². The van der Waals surface area contributed by atoms with Gasteiger partial charge in [0.15, 0.2) is 0 Å². The minimum Gasteiger partial charge on any atom is -0.367 e. The number of nitro groups is 1. The number of anilines is 2. The molecule has 1 aromatic rings. The third-order valence-corrected chi connectivity index (χ3v) is 4.78. The molecule has 27 heavy (non-hydrogen) atoms. The lowest BCUT2D eigenvalue weighted by atomic mass is 9.87. The highest BCUT2D eigenvalue weighted by Crippen LogP contribution is 2.30. The van der Waals surface area contributed by atoms with Gasteiger partial charge in [-0.15, -0.1) is 0 Å². The Balaban J connectivity index is 2.36. The highest BCUT2D eigenvalue weighted by molar-refractivity contribution is 6.00. The van der Waals surface area contributed by atoms with Crippen LogP contribution in [0.3, 0.4) is 0 Å². The van der Waals surface area contributed by atoms with Gasteiger partial charge in [-0.25, -0.2) is 13.8 Å². The lowest BCUT2D eigenvalue weighted by molar-refractivity contribution is -0.384. The van der Waals surface area contributed by atoms with E-state index in [9.17, 15) is 23.7 Å². The molecule has 1 amide bonds. The Kier molecular flexibility index (Phi) is 6.86. The summed E-state index contributed by atoms with van der Waals surface area (Å²) in [5.74, 6) is -0.0430. The zero-order valence-corrected chi connectivity index (χ0v) is 15.7. The molecule has 0 aromatic carbocycles. The molecular weight excluding hydrogens is 360 g/mol. The van der Waals surface area contributed by atoms with E-state index in [0.717, 1.165) is 36.6 Å². The van der Waals surface area contributed by atoms with Gasteiger partial charge >= 0.3 is 5.69 Å². The summed E-state index contributed by atoms with van der Waals surface area (Å²) in [6.45, 7) is 1.51. The Morgan fingerprint density at radius 3 is 2.56 bits per heavy atom. The summed E-state index contributed by atoms with van der Waals surface area (Å²) in [4.78, 5) is 28.6. The van der Waals surface area contributed by atoms with Crippen LogP contribution in [0.4, 0.5) is 26.1 Å². The maximum absolute atomic E-state index is 12.8. The molecule has 2 N–H and O–H groups in total. The highest BCUT2D eigenvalue weighted by atomic mass is 19.3. The third-order valence-electron chi connectivity index (χ3n) is 4.78. The van der Waals surface area contributed by atoms with Gasteiger partial charge in [0.2, 0.25) is 5.82 Å². The molecule has 1 aliphatic rings. The lowest BCUT2D eigenvalue weighted by Crippen LogP contribution is -2.38. The summed E-state index contributed by atoms with van der Waals surface area (Å²) in [7, 11) is 2.81. The first kappa shape index (κ1) is 20.8. The number of rotatable bonds is 7. The fraction of sp³-hybridized carbons (Fsp3) is 0.647. The van der Waals surface area contributed by atoms with Crippen LogP contribution in [0.15, 0.2) is 6.07 Å². The molecule has 1 aliphatic carbocycles. The Morgan fingerprint density at radius 2 is 2.04 bits per heavy atom. The number of alkyl halides is 2. The zero-order chi connectivity index (χ0) is 20.1. The quantitative estimate of drug-likeness (QED) is 0.553. The lowest BCUT2D eigenvalue weighted by Gasteiger charge is -2.28. The van der Waals surface area contributed by atoms with Crippen LogP contribution in [-0.4, -0.2) is 48.9 Å². The van der Waals surface area contributed by atoms with E-state index in [2.05, 4.69) is 22.5 Å². The minimum atomic E-state index is -2.64. The average Bonchev–Trinajstić information content (AvgIpc) is 2.61. The van der Waals surface area contributed by atoms with Gasteiger partial charge in [0.1, 0.15) is 5.82 Å². The third kappa shape index (κ3) is 5.24. The number of carbonyl (C=O) groups excluding carboxylic acids is 1. The molecule has 10 heteroatoms. The van der Waals surface area contributed by atoms with Crippen molar-refractivity contribution in [3.63, 3.8) is 0 Å². The van der Waals surface area contributed by atoms with Gasteiger partial charge in [0, 0.05) is 26.2 Å². The van der Waals surface area contributed by atoms with Crippen LogP contribution < -0.4 is 15.5 Å².